The summed E-state index contributed by atoms with van der Waals surface area (Å²) in [5, 5.41) is 3.61. The fraction of sp³-hybridized carbons (Fsp3) is 0.667. The maximum Gasteiger partial charge on any atom is 0.0646 e. The predicted octanol–water partition coefficient (Wildman–Crippen LogP) is 2.63. The third kappa shape index (κ3) is 2.60. The topological polar surface area (TPSA) is 21.3 Å². The van der Waals surface area contributed by atoms with Gasteiger partial charge in [-0.1, -0.05) is 0 Å². The summed E-state index contributed by atoms with van der Waals surface area (Å²) in [6, 6.07) is 2.28. The average molecular weight is 225 g/mol. The van der Waals surface area contributed by atoms with Crippen LogP contribution in [0.2, 0.25) is 0 Å². The minimum absolute atomic E-state index is 0.183. The highest BCUT2D eigenvalue weighted by Gasteiger charge is 2.28. The molecule has 15 heavy (non-hydrogen) atoms. The maximum atomic E-state index is 5.42. The van der Waals surface area contributed by atoms with E-state index in [-0.39, 0.29) is 5.54 Å². The summed E-state index contributed by atoms with van der Waals surface area (Å²) < 4.78 is 5.42. The van der Waals surface area contributed by atoms with E-state index in [2.05, 4.69) is 32.2 Å². The Labute approximate surface area is 95.6 Å². The van der Waals surface area contributed by atoms with Crippen molar-refractivity contribution in [3.8, 4) is 0 Å². The van der Waals surface area contributed by atoms with Crippen molar-refractivity contribution in [2.45, 2.75) is 39.3 Å². The van der Waals surface area contributed by atoms with Crippen LogP contribution in [-0.4, -0.2) is 18.8 Å². The van der Waals surface area contributed by atoms with E-state index in [9.17, 15) is 0 Å². The second-order valence-electron chi connectivity index (χ2n) is 4.66. The van der Waals surface area contributed by atoms with Gasteiger partial charge in [0.1, 0.15) is 0 Å². The second kappa shape index (κ2) is 4.24. The van der Waals surface area contributed by atoms with Crippen molar-refractivity contribution >= 4 is 11.3 Å². The van der Waals surface area contributed by atoms with Gasteiger partial charge in [0.05, 0.1) is 6.61 Å². The molecule has 1 saturated heterocycles. The number of hydrogen-bond acceptors (Lipinski definition) is 3. The Morgan fingerprint density at radius 1 is 1.53 bits per heavy atom. The Morgan fingerprint density at radius 3 is 2.87 bits per heavy atom. The molecule has 1 fully saturated rings. The molecule has 0 amide bonds. The lowest BCUT2D eigenvalue weighted by atomic mass is 10.0. The quantitative estimate of drug-likeness (QED) is 0.854. The first-order valence-corrected chi connectivity index (χ1v) is 6.29. The smallest absolute Gasteiger partial charge is 0.0646 e. The number of thiophene rings is 1. The Morgan fingerprint density at radius 2 is 2.33 bits per heavy atom. The van der Waals surface area contributed by atoms with Gasteiger partial charge >= 0.3 is 0 Å². The predicted molar refractivity (Wildman–Crippen MR) is 64.5 cm³/mol. The van der Waals surface area contributed by atoms with Crippen LogP contribution in [0.15, 0.2) is 6.07 Å². The lowest BCUT2D eigenvalue weighted by Crippen LogP contribution is -2.42. The summed E-state index contributed by atoms with van der Waals surface area (Å²) in [4.78, 5) is 2.83. The van der Waals surface area contributed by atoms with Crippen LogP contribution >= 0.6 is 11.3 Å². The number of ether oxygens (including phenoxy) is 1. The highest BCUT2D eigenvalue weighted by atomic mass is 32.1. The zero-order valence-corrected chi connectivity index (χ0v) is 10.5. The lowest BCUT2D eigenvalue weighted by molar-refractivity contribution is 0.171. The Balaban J connectivity index is 1.95. The van der Waals surface area contributed by atoms with Crippen LogP contribution in [0.1, 0.15) is 28.7 Å². The van der Waals surface area contributed by atoms with Crippen molar-refractivity contribution in [2.24, 2.45) is 0 Å². The zero-order chi connectivity index (χ0) is 10.9. The van der Waals surface area contributed by atoms with E-state index >= 15 is 0 Å². The molecule has 0 aromatic carbocycles. The van der Waals surface area contributed by atoms with Gasteiger partial charge in [-0.2, -0.15) is 0 Å². The van der Waals surface area contributed by atoms with Crippen LogP contribution < -0.4 is 5.32 Å². The molecule has 1 N–H and O–H groups in total. The van der Waals surface area contributed by atoms with Crippen LogP contribution in [-0.2, 0) is 11.3 Å². The Kier molecular flexibility index (Phi) is 3.14. The zero-order valence-electron chi connectivity index (χ0n) is 9.72. The molecule has 0 radical (unpaired) electrons. The van der Waals surface area contributed by atoms with Crippen LogP contribution in [0, 0.1) is 13.8 Å². The molecule has 3 heteroatoms. The number of hydrogen-bond donors (Lipinski definition) is 1. The fourth-order valence-corrected chi connectivity index (χ4v) is 2.92. The van der Waals surface area contributed by atoms with E-state index in [4.69, 9.17) is 4.74 Å². The van der Waals surface area contributed by atoms with Crippen molar-refractivity contribution in [3.05, 3.63) is 21.4 Å². The normalized spacial score (nSPS) is 26.1. The minimum atomic E-state index is 0.183. The van der Waals surface area contributed by atoms with Gasteiger partial charge in [0.15, 0.2) is 0 Å². The van der Waals surface area contributed by atoms with Crippen molar-refractivity contribution < 1.29 is 4.74 Å². The SMILES string of the molecule is Cc1cc(CNC2(C)CCOC2)c(C)s1. The molecule has 1 aromatic heterocycles. The molecule has 1 atom stereocenters. The molecule has 1 aliphatic heterocycles. The van der Waals surface area contributed by atoms with Gasteiger partial charge in [-0.3, -0.25) is 0 Å². The molecule has 0 saturated carbocycles. The standard InChI is InChI=1S/C12H19NOS/c1-9-6-11(10(2)15-9)7-13-12(3)4-5-14-8-12/h6,13H,4-5,7-8H2,1-3H3. The van der Waals surface area contributed by atoms with Crippen LogP contribution in [0.4, 0.5) is 0 Å². The first kappa shape index (κ1) is 11.1. The Hall–Kier alpha value is -0.380. The van der Waals surface area contributed by atoms with Crippen molar-refractivity contribution in [1.82, 2.24) is 5.32 Å². The lowest BCUT2D eigenvalue weighted by Gasteiger charge is -2.23. The number of aryl methyl sites for hydroxylation is 2. The van der Waals surface area contributed by atoms with E-state index in [0.29, 0.717) is 0 Å². The summed E-state index contributed by atoms with van der Waals surface area (Å²) in [7, 11) is 0. The van der Waals surface area contributed by atoms with Gasteiger partial charge in [-0.25, -0.2) is 0 Å². The van der Waals surface area contributed by atoms with Gasteiger partial charge in [-0.05, 0) is 38.8 Å². The second-order valence-corrected chi connectivity index (χ2v) is 6.12. The van der Waals surface area contributed by atoms with Crippen molar-refractivity contribution in [3.63, 3.8) is 0 Å². The van der Waals surface area contributed by atoms with E-state index in [1.54, 1.807) is 0 Å². The van der Waals surface area contributed by atoms with Crippen molar-refractivity contribution in [1.29, 1.82) is 0 Å². The largest absolute Gasteiger partial charge is 0.379 e. The third-order valence-corrected chi connectivity index (χ3v) is 4.08. The van der Waals surface area contributed by atoms with Gasteiger partial charge in [0, 0.05) is 28.4 Å². The summed E-state index contributed by atoms with van der Waals surface area (Å²) in [5.41, 5.74) is 1.62. The third-order valence-electron chi connectivity index (χ3n) is 3.07. The fourth-order valence-electron chi connectivity index (χ4n) is 1.97. The van der Waals surface area contributed by atoms with Crippen LogP contribution in [0.3, 0.4) is 0 Å². The monoisotopic (exact) mass is 225 g/mol. The number of nitrogens with one attached hydrogen (secondary N) is 1. The molecular weight excluding hydrogens is 206 g/mol. The first-order valence-electron chi connectivity index (χ1n) is 5.48. The number of rotatable bonds is 3. The molecule has 2 rings (SSSR count). The summed E-state index contributed by atoms with van der Waals surface area (Å²) in [5.74, 6) is 0. The summed E-state index contributed by atoms with van der Waals surface area (Å²) >= 11 is 1.88. The van der Waals surface area contributed by atoms with Gasteiger partial charge in [0.2, 0.25) is 0 Å². The average Bonchev–Trinajstić information content (AvgIpc) is 2.71. The molecule has 1 aliphatic rings. The molecular formula is C12H19NOS. The maximum absolute atomic E-state index is 5.42. The molecule has 0 bridgehead atoms. The van der Waals surface area contributed by atoms with E-state index in [1.807, 2.05) is 11.3 Å². The first-order chi connectivity index (χ1) is 7.09. The molecule has 1 unspecified atom stereocenters. The molecule has 2 nitrogen and oxygen atoms in total. The highest BCUT2D eigenvalue weighted by Crippen LogP contribution is 2.23. The minimum Gasteiger partial charge on any atom is -0.379 e. The highest BCUT2D eigenvalue weighted by molar-refractivity contribution is 7.12. The molecule has 1 aromatic rings. The molecule has 84 valence electrons. The van der Waals surface area contributed by atoms with Crippen LogP contribution in [0.5, 0.6) is 0 Å². The Bertz CT molecular complexity index is 339. The molecule has 0 spiro atoms. The van der Waals surface area contributed by atoms with E-state index in [0.717, 1.165) is 26.2 Å². The summed E-state index contributed by atoms with van der Waals surface area (Å²) in [6.07, 6.45) is 1.12. The van der Waals surface area contributed by atoms with Crippen LogP contribution in [0.25, 0.3) is 0 Å². The van der Waals surface area contributed by atoms with Crippen molar-refractivity contribution in [2.75, 3.05) is 13.2 Å². The van der Waals surface area contributed by atoms with Gasteiger partial charge in [-0.15, -0.1) is 11.3 Å². The van der Waals surface area contributed by atoms with Gasteiger partial charge < -0.3 is 10.1 Å². The van der Waals surface area contributed by atoms with E-state index < -0.39 is 0 Å². The summed E-state index contributed by atoms with van der Waals surface area (Å²) in [6.45, 7) is 9.31. The molecule has 2 heterocycles. The molecule has 0 aliphatic carbocycles. The van der Waals surface area contributed by atoms with Gasteiger partial charge in [0.25, 0.3) is 0 Å². The van der Waals surface area contributed by atoms with E-state index in [1.165, 1.54) is 15.3 Å².